The fourth-order valence-corrected chi connectivity index (χ4v) is 2.71. The Morgan fingerprint density at radius 1 is 1.67 bits per heavy atom. The van der Waals surface area contributed by atoms with Crippen molar-refractivity contribution in [3.8, 4) is 0 Å². The van der Waals surface area contributed by atoms with Gasteiger partial charge in [0.05, 0.1) is 5.25 Å². The van der Waals surface area contributed by atoms with E-state index in [4.69, 9.17) is 21.9 Å². The average Bonchev–Trinajstić information content (AvgIpc) is 2.64. The molecule has 66 valence electrons. The van der Waals surface area contributed by atoms with E-state index >= 15 is 0 Å². The molecule has 0 aromatic carbocycles. The van der Waals surface area contributed by atoms with E-state index in [1.807, 2.05) is 11.8 Å². The number of hydrogen-bond acceptors (Lipinski definition) is 4. The van der Waals surface area contributed by atoms with Crippen LogP contribution in [0.25, 0.3) is 0 Å². The molecule has 0 radical (unpaired) electrons. The van der Waals surface area contributed by atoms with Crippen molar-refractivity contribution in [2.24, 2.45) is 0 Å². The molecular weight excluding hydrogens is 196 g/mol. The van der Waals surface area contributed by atoms with Crippen LogP contribution in [-0.4, -0.2) is 10.9 Å². The summed E-state index contributed by atoms with van der Waals surface area (Å²) in [7, 11) is 0. The van der Waals surface area contributed by atoms with Crippen molar-refractivity contribution in [3.05, 3.63) is 10.9 Å². The standard InChI is InChI=1S/C7H9ClN2OS/c8-7-5(9)6(11-10-7)4-2-1-3-12-4/h4H,1-3,9H2. The molecule has 3 nitrogen and oxygen atoms in total. The molecule has 5 heteroatoms. The Bertz CT molecular complexity index is 283. The molecule has 0 amide bonds. The zero-order chi connectivity index (χ0) is 8.55. The first-order chi connectivity index (χ1) is 5.79. The van der Waals surface area contributed by atoms with Gasteiger partial charge in [-0.15, -0.1) is 0 Å². The molecule has 2 rings (SSSR count). The maximum absolute atomic E-state index is 5.68. The number of halogens is 1. The Kier molecular flexibility index (Phi) is 2.19. The molecule has 0 aliphatic carbocycles. The van der Waals surface area contributed by atoms with Crippen LogP contribution in [-0.2, 0) is 0 Å². The number of anilines is 1. The second kappa shape index (κ2) is 3.18. The van der Waals surface area contributed by atoms with Gasteiger partial charge in [0.25, 0.3) is 0 Å². The van der Waals surface area contributed by atoms with Crippen molar-refractivity contribution < 1.29 is 4.52 Å². The van der Waals surface area contributed by atoms with E-state index in [0.717, 1.165) is 12.2 Å². The Morgan fingerprint density at radius 2 is 2.50 bits per heavy atom. The normalized spacial score (nSPS) is 23.2. The number of aromatic nitrogens is 1. The number of rotatable bonds is 1. The lowest BCUT2D eigenvalue weighted by molar-refractivity contribution is 0.381. The molecule has 1 aromatic heterocycles. The summed E-state index contributed by atoms with van der Waals surface area (Å²) in [5, 5.41) is 4.27. The number of nitrogens with two attached hydrogens (primary N) is 1. The number of nitrogens with zero attached hydrogens (tertiary/aromatic N) is 1. The second-order valence-corrected chi connectivity index (χ2v) is 4.42. The molecule has 1 atom stereocenters. The molecule has 0 bridgehead atoms. The quantitative estimate of drug-likeness (QED) is 0.764. The van der Waals surface area contributed by atoms with Gasteiger partial charge in [-0.1, -0.05) is 16.8 Å². The van der Waals surface area contributed by atoms with Crippen LogP contribution in [0.2, 0.25) is 5.15 Å². The number of nitrogen functional groups attached to an aromatic ring is 1. The summed E-state index contributed by atoms with van der Waals surface area (Å²) in [5.41, 5.74) is 6.19. The summed E-state index contributed by atoms with van der Waals surface area (Å²) < 4.78 is 5.05. The van der Waals surface area contributed by atoms with Gasteiger partial charge in [-0.25, -0.2) is 0 Å². The van der Waals surface area contributed by atoms with E-state index in [0.29, 0.717) is 10.9 Å². The lowest BCUT2D eigenvalue weighted by atomic mass is 10.2. The van der Waals surface area contributed by atoms with Gasteiger partial charge in [0, 0.05) is 0 Å². The topological polar surface area (TPSA) is 52.0 Å². The van der Waals surface area contributed by atoms with Gasteiger partial charge in [0.2, 0.25) is 0 Å². The molecule has 1 aliphatic rings. The Labute approximate surface area is 79.6 Å². The number of hydrogen-bond donors (Lipinski definition) is 1. The molecule has 1 aliphatic heterocycles. The lowest BCUT2D eigenvalue weighted by Gasteiger charge is -2.02. The fourth-order valence-electron chi connectivity index (χ4n) is 1.31. The molecule has 1 aromatic rings. The van der Waals surface area contributed by atoms with E-state index in [9.17, 15) is 0 Å². The van der Waals surface area contributed by atoms with Crippen LogP contribution in [0.3, 0.4) is 0 Å². The SMILES string of the molecule is Nc1c(Cl)noc1C1CCCS1. The number of thioether (sulfide) groups is 1. The smallest absolute Gasteiger partial charge is 0.195 e. The summed E-state index contributed by atoms with van der Waals surface area (Å²) in [6.45, 7) is 0. The largest absolute Gasteiger partial charge is 0.393 e. The van der Waals surface area contributed by atoms with Crippen LogP contribution in [0.1, 0.15) is 23.9 Å². The Morgan fingerprint density at radius 3 is 3.00 bits per heavy atom. The molecular formula is C7H9ClN2OS. The minimum atomic E-state index is 0.289. The monoisotopic (exact) mass is 204 g/mol. The third-order valence-electron chi connectivity index (χ3n) is 1.93. The minimum Gasteiger partial charge on any atom is -0.393 e. The van der Waals surface area contributed by atoms with Crippen LogP contribution in [0.5, 0.6) is 0 Å². The predicted octanol–water partition coefficient (Wildman–Crippen LogP) is 2.48. The van der Waals surface area contributed by atoms with Crippen LogP contribution >= 0.6 is 23.4 Å². The average molecular weight is 205 g/mol. The molecule has 0 spiro atoms. The second-order valence-electron chi connectivity index (χ2n) is 2.75. The highest BCUT2D eigenvalue weighted by Gasteiger charge is 2.25. The molecule has 12 heavy (non-hydrogen) atoms. The van der Waals surface area contributed by atoms with Crippen LogP contribution in [0.15, 0.2) is 4.52 Å². The molecule has 0 saturated carbocycles. The third kappa shape index (κ3) is 1.29. The van der Waals surface area contributed by atoms with E-state index < -0.39 is 0 Å². The van der Waals surface area contributed by atoms with Gasteiger partial charge in [-0.05, 0) is 18.6 Å². The summed E-state index contributed by atoms with van der Waals surface area (Å²) in [4.78, 5) is 0. The van der Waals surface area contributed by atoms with Crippen molar-refractivity contribution in [1.29, 1.82) is 0 Å². The summed E-state index contributed by atoms with van der Waals surface area (Å²) in [6, 6.07) is 0. The van der Waals surface area contributed by atoms with Gasteiger partial charge in [-0.3, -0.25) is 0 Å². The first kappa shape index (κ1) is 8.26. The fraction of sp³-hybridized carbons (Fsp3) is 0.571. The van der Waals surface area contributed by atoms with Gasteiger partial charge in [0.1, 0.15) is 5.69 Å². The van der Waals surface area contributed by atoms with Crippen LogP contribution in [0.4, 0.5) is 5.69 Å². The summed E-state index contributed by atoms with van der Waals surface area (Å²) in [5.74, 6) is 1.92. The van der Waals surface area contributed by atoms with E-state index in [1.54, 1.807) is 0 Å². The summed E-state index contributed by atoms with van der Waals surface area (Å²) in [6.07, 6.45) is 2.33. The summed E-state index contributed by atoms with van der Waals surface area (Å²) >= 11 is 7.52. The van der Waals surface area contributed by atoms with Crippen molar-refractivity contribution in [1.82, 2.24) is 5.16 Å². The Hall–Kier alpha value is -0.350. The Balaban J connectivity index is 2.26. The highest BCUT2D eigenvalue weighted by Crippen LogP contribution is 2.43. The highest BCUT2D eigenvalue weighted by atomic mass is 35.5. The first-order valence-electron chi connectivity index (χ1n) is 3.81. The van der Waals surface area contributed by atoms with Crippen molar-refractivity contribution in [3.63, 3.8) is 0 Å². The zero-order valence-electron chi connectivity index (χ0n) is 6.42. The van der Waals surface area contributed by atoms with Crippen LogP contribution < -0.4 is 5.73 Å². The maximum Gasteiger partial charge on any atom is 0.195 e. The van der Waals surface area contributed by atoms with E-state index in [-0.39, 0.29) is 5.15 Å². The maximum atomic E-state index is 5.68. The molecule has 1 saturated heterocycles. The van der Waals surface area contributed by atoms with Gasteiger partial charge in [0.15, 0.2) is 10.9 Å². The molecule has 1 fully saturated rings. The van der Waals surface area contributed by atoms with E-state index in [2.05, 4.69) is 5.16 Å². The van der Waals surface area contributed by atoms with Crippen LogP contribution in [0, 0.1) is 0 Å². The van der Waals surface area contributed by atoms with Gasteiger partial charge in [-0.2, -0.15) is 11.8 Å². The van der Waals surface area contributed by atoms with Crippen molar-refractivity contribution >= 4 is 29.1 Å². The lowest BCUT2D eigenvalue weighted by Crippen LogP contribution is -1.92. The van der Waals surface area contributed by atoms with Crippen molar-refractivity contribution in [2.75, 3.05) is 11.5 Å². The zero-order valence-corrected chi connectivity index (χ0v) is 7.99. The first-order valence-corrected chi connectivity index (χ1v) is 5.24. The molecule has 2 N–H and O–H groups in total. The van der Waals surface area contributed by atoms with Crippen molar-refractivity contribution in [2.45, 2.75) is 18.1 Å². The molecule has 2 heterocycles. The molecule has 1 unspecified atom stereocenters. The predicted molar refractivity (Wildman–Crippen MR) is 50.4 cm³/mol. The minimum absolute atomic E-state index is 0.289. The highest BCUT2D eigenvalue weighted by molar-refractivity contribution is 7.99. The third-order valence-corrected chi connectivity index (χ3v) is 3.58. The van der Waals surface area contributed by atoms with Gasteiger partial charge < -0.3 is 10.3 Å². The van der Waals surface area contributed by atoms with Gasteiger partial charge >= 0.3 is 0 Å². The van der Waals surface area contributed by atoms with E-state index in [1.165, 1.54) is 12.2 Å².